The molecular formula is C10H10Br2O4. The SMILES string of the molecule is COc1cc(Br)c(O[C@@H](C)C(=O)O)cc1Br. The van der Waals surface area contributed by atoms with E-state index < -0.39 is 12.1 Å². The zero-order valence-electron chi connectivity index (χ0n) is 8.66. The van der Waals surface area contributed by atoms with Gasteiger partial charge in [-0.2, -0.15) is 0 Å². The lowest BCUT2D eigenvalue weighted by Crippen LogP contribution is -2.23. The Bertz CT molecular complexity index is 406. The number of ether oxygens (including phenoxy) is 2. The van der Waals surface area contributed by atoms with E-state index in [9.17, 15) is 4.79 Å². The van der Waals surface area contributed by atoms with Crippen LogP contribution in [0.25, 0.3) is 0 Å². The second-order valence-corrected chi connectivity index (χ2v) is 4.72. The van der Waals surface area contributed by atoms with Crippen LogP contribution >= 0.6 is 31.9 Å². The molecule has 0 fully saturated rings. The normalized spacial score (nSPS) is 12.0. The van der Waals surface area contributed by atoms with E-state index in [0.29, 0.717) is 20.4 Å². The third-order valence-electron chi connectivity index (χ3n) is 1.86. The maximum atomic E-state index is 10.6. The van der Waals surface area contributed by atoms with Crippen molar-refractivity contribution in [1.82, 2.24) is 0 Å². The molecule has 1 aromatic rings. The van der Waals surface area contributed by atoms with Crippen molar-refractivity contribution in [2.75, 3.05) is 7.11 Å². The number of carboxylic acids is 1. The number of hydrogen-bond acceptors (Lipinski definition) is 3. The van der Waals surface area contributed by atoms with Gasteiger partial charge in [0, 0.05) is 0 Å². The molecular weight excluding hydrogens is 344 g/mol. The highest BCUT2D eigenvalue weighted by Crippen LogP contribution is 2.36. The number of methoxy groups -OCH3 is 1. The molecule has 0 heterocycles. The molecule has 1 aromatic carbocycles. The van der Waals surface area contributed by atoms with E-state index in [1.807, 2.05) is 0 Å². The fourth-order valence-electron chi connectivity index (χ4n) is 0.998. The number of carboxylic acid groups (broad SMARTS) is 1. The molecule has 0 bridgehead atoms. The van der Waals surface area contributed by atoms with Gasteiger partial charge in [0.15, 0.2) is 6.10 Å². The molecule has 0 saturated carbocycles. The van der Waals surface area contributed by atoms with Crippen LogP contribution in [0, 0.1) is 0 Å². The van der Waals surface area contributed by atoms with E-state index in [4.69, 9.17) is 14.6 Å². The Balaban J connectivity index is 2.98. The third kappa shape index (κ3) is 3.12. The molecule has 0 radical (unpaired) electrons. The Morgan fingerprint density at radius 1 is 1.31 bits per heavy atom. The average molecular weight is 354 g/mol. The van der Waals surface area contributed by atoms with Gasteiger partial charge in [0.05, 0.1) is 16.1 Å². The molecule has 16 heavy (non-hydrogen) atoms. The number of aliphatic carboxylic acids is 1. The van der Waals surface area contributed by atoms with Gasteiger partial charge in [0.1, 0.15) is 11.5 Å². The Hall–Kier alpha value is -0.750. The summed E-state index contributed by atoms with van der Waals surface area (Å²) in [6.45, 7) is 1.47. The van der Waals surface area contributed by atoms with Gasteiger partial charge in [0.2, 0.25) is 0 Å². The second kappa shape index (κ2) is 5.54. The molecule has 88 valence electrons. The van der Waals surface area contributed by atoms with Crippen molar-refractivity contribution in [3.8, 4) is 11.5 Å². The average Bonchev–Trinajstić information content (AvgIpc) is 2.22. The maximum absolute atomic E-state index is 10.6. The molecule has 0 aliphatic rings. The van der Waals surface area contributed by atoms with Crippen LogP contribution in [0.1, 0.15) is 6.92 Å². The summed E-state index contributed by atoms with van der Waals surface area (Å²) in [6.07, 6.45) is -0.906. The molecule has 0 aliphatic carbocycles. The van der Waals surface area contributed by atoms with Crippen molar-refractivity contribution < 1.29 is 19.4 Å². The molecule has 1 rings (SSSR count). The van der Waals surface area contributed by atoms with Gasteiger partial charge >= 0.3 is 5.97 Å². The minimum Gasteiger partial charge on any atom is -0.496 e. The van der Waals surface area contributed by atoms with Crippen LogP contribution < -0.4 is 9.47 Å². The van der Waals surface area contributed by atoms with E-state index in [2.05, 4.69) is 31.9 Å². The van der Waals surface area contributed by atoms with Crippen molar-refractivity contribution in [2.24, 2.45) is 0 Å². The van der Waals surface area contributed by atoms with Gasteiger partial charge in [0.25, 0.3) is 0 Å². The Morgan fingerprint density at radius 2 is 1.81 bits per heavy atom. The molecule has 0 saturated heterocycles. The molecule has 0 unspecified atom stereocenters. The Kier molecular flexibility index (Phi) is 4.61. The smallest absolute Gasteiger partial charge is 0.344 e. The van der Waals surface area contributed by atoms with E-state index in [1.165, 1.54) is 6.92 Å². The summed E-state index contributed by atoms with van der Waals surface area (Å²) in [5.74, 6) is 0.0728. The molecule has 4 nitrogen and oxygen atoms in total. The summed E-state index contributed by atoms with van der Waals surface area (Å²) < 4.78 is 11.7. The number of hydrogen-bond donors (Lipinski definition) is 1. The number of halogens is 2. The summed E-state index contributed by atoms with van der Waals surface area (Å²) >= 11 is 6.58. The minimum atomic E-state index is -1.01. The van der Waals surface area contributed by atoms with Crippen molar-refractivity contribution in [3.05, 3.63) is 21.1 Å². The first-order valence-electron chi connectivity index (χ1n) is 4.38. The van der Waals surface area contributed by atoms with Gasteiger partial charge in [-0.15, -0.1) is 0 Å². The van der Waals surface area contributed by atoms with Crippen molar-refractivity contribution in [2.45, 2.75) is 13.0 Å². The number of benzene rings is 1. The third-order valence-corrected chi connectivity index (χ3v) is 3.10. The summed E-state index contributed by atoms with van der Waals surface area (Å²) in [6, 6.07) is 3.36. The highest BCUT2D eigenvalue weighted by molar-refractivity contribution is 9.11. The van der Waals surface area contributed by atoms with Gasteiger partial charge in [-0.3, -0.25) is 0 Å². The number of carbonyl (C=O) groups is 1. The Labute approximate surface area is 110 Å². The summed E-state index contributed by atoms with van der Waals surface area (Å²) in [5.41, 5.74) is 0. The quantitative estimate of drug-likeness (QED) is 0.903. The molecule has 0 amide bonds. The van der Waals surface area contributed by atoms with Crippen LogP contribution in [0.5, 0.6) is 11.5 Å². The Morgan fingerprint density at radius 3 is 2.31 bits per heavy atom. The van der Waals surface area contributed by atoms with Crippen LogP contribution in [0.3, 0.4) is 0 Å². The maximum Gasteiger partial charge on any atom is 0.344 e. The van der Waals surface area contributed by atoms with Gasteiger partial charge < -0.3 is 14.6 Å². The first-order valence-corrected chi connectivity index (χ1v) is 5.96. The lowest BCUT2D eigenvalue weighted by molar-refractivity contribution is -0.144. The summed E-state index contributed by atoms with van der Waals surface area (Å²) in [5, 5.41) is 8.73. The van der Waals surface area contributed by atoms with Crippen molar-refractivity contribution in [1.29, 1.82) is 0 Å². The van der Waals surface area contributed by atoms with Crippen molar-refractivity contribution >= 4 is 37.8 Å². The van der Waals surface area contributed by atoms with Gasteiger partial charge in [-0.05, 0) is 50.9 Å². The zero-order valence-corrected chi connectivity index (χ0v) is 11.8. The zero-order chi connectivity index (χ0) is 12.3. The largest absolute Gasteiger partial charge is 0.496 e. The highest BCUT2D eigenvalue weighted by atomic mass is 79.9. The van der Waals surface area contributed by atoms with E-state index in [0.717, 1.165) is 0 Å². The molecule has 6 heteroatoms. The van der Waals surface area contributed by atoms with Crippen molar-refractivity contribution in [3.63, 3.8) is 0 Å². The number of rotatable bonds is 4. The van der Waals surface area contributed by atoms with E-state index in [1.54, 1.807) is 19.2 Å². The highest BCUT2D eigenvalue weighted by Gasteiger charge is 2.15. The monoisotopic (exact) mass is 352 g/mol. The fourth-order valence-corrected chi connectivity index (χ4v) is 1.90. The second-order valence-electron chi connectivity index (χ2n) is 3.02. The molecule has 0 aromatic heterocycles. The van der Waals surface area contributed by atoms with Crippen LogP contribution in [0.15, 0.2) is 21.1 Å². The lowest BCUT2D eigenvalue weighted by Gasteiger charge is -2.13. The topological polar surface area (TPSA) is 55.8 Å². The van der Waals surface area contributed by atoms with E-state index >= 15 is 0 Å². The van der Waals surface area contributed by atoms with E-state index in [-0.39, 0.29) is 0 Å². The van der Waals surface area contributed by atoms with Crippen LogP contribution in [0.4, 0.5) is 0 Å². The molecule has 0 aliphatic heterocycles. The molecule has 1 atom stereocenters. The van der Waals surface area contributed by atoms with Gasteiger partial charge in [-0.25, -0.2) is 4.79 Å². The van der Waals surface area contributed by atoms with Crippen LogP contribution in [0.2, 0.25) is 0 Å². The molecule has 0 spiro atoms. The predicted molar refractivity (Wildman–Crippen MR) is 66.1 cm³/mol. The van der Waals surface area contributed by atoms with Crippen LogP contribution in [-0.4, -0.2) is 24.3 Å². The van der Waals surface area contributed by atoms with Gasteiger partial charge in [-0.1, -0.05) is 0 Å². The predicted octanol–water partition coefficient (Wildman–Crippen LogP) is 3.07. The first kappa shape index (κ1) is 13.3. The summed E-state index contributed by atoms with van der Waals surface area (Å²) in [7, 11) is 1.55. The van der Waals surface area contributed by atoms with Crippen LogP contribution in [-0.2, 0) is 4.79 Å². The molecule has 1 N–H and O–H groups in total. The lowest BCUT2D eigenvalue weighted by atomic mass is 10.3. The first-order chi connectivity index (χ1) is 7.45. The fraction of sp³-hybridized carbons (Fsp3) is 0.300. The minimum absolute atomic E-state index is 0.447. The standard InChI is InChI=1S/C10H10Br2O4/c1-5(10(13)14)16-9-4-6(11)8(15-2)3-7(9)12/h3-5H,1-2H3,(H,13,14)/t5-/m0/s1. The summed E-state index contributed by atoms with van der Waals surface area (Å²) in [4.78, 5) is 10.6.